The van der Waals surface area contributed by atoms with E-state index in [0.29, 0.717) is 17.4 Å². The van der Waals surface area contributed by atoms with Gasteiger partial charge in [0.15, 0.2) is 5.76 Å². The molecule has 6 heteroatoms. The van der Waals surface area contributed by atoms with Crippen molar-refractivity contribution in [2.45, 2.75) is 26.3 Å². The van der Waals surface area contributed by atoms with Crippen LogP contribution in [0.5, 0.6) is 0 Å². The van der Waals surface area contributed by atoms with Crippen molar-refractivity contribution in [1.29, 1.82) is 0 Å². The van der Waals surface area contributed by atoms with E-state index in [2.05, 4.69) is 16.9 Å². The van der Waals surface area contributed by atoms with Crippen LogP contribution in [0.15, 0.2) is 21.7 Å². The maximum absolute atomic E-state index is 12.2. The topological polar surface area (TPSA) is 82.2 Å². The quantitative estimate of drug-likeness (QED) is 0.468. The second kappa shape index (κ2) is 5.60. The van der Waals surface area contributed by atoms with Gasteiger partial charge < -0.3 is 9.32 Å². The number of amides is 1. The average Bonchev–Trinajstić information content (AvgIpc) is 2.84. The van der Waals surface area contributed by atoms with E-state index < -0.39 is 0 Å². The third-order valence-corrected chi connectivity index (χ3v) is 3.11. The second-order valence-corrected chi connectivity index (χ2v) is 4.65. The first-order valence-corrected chi connectivity index (χ1v) is 6.09. The molecule has 2 heterocycles. The fraction of sp³-hybridized carbons (Fsp3) is 0.583. The average molecular weight is 248 g/mol. The highest BCUT2D eigenvalue weighted by Gasteiger charge is 2.24. The van der Waals surface area contributed by atoms with Gasteiger partial charge in [-0.2, -0.15) is 0 Å². The van der Waals surface area contributed by atoms with Crippen LogP contribution in [0, 0.1) is 5.92 Å². The smallest absolute Gasteiger partial charge is 0.289 e. The highest BCUT2D eigenvalue weighted by molar-refractivity contribution is 5.91. The van der Waals surface area contributed by atoms with E-state index in [1.807, 2.05) is 4.90 Å². The standard InChI is InChI=1S/C12H16N4O2/c1-9-3-2-6-16(8-9)12(17)11-5-4-10(18-11)7-14-15-13/h4-5,9H,2-3,6-8H2,1H3. The maximum atomic E-state index is 12.2. The molecule has 0 spiro atoms. The Morgan fingerprint density at radius 2 is 2.50 bits per heavy atom. The van der Waals surface area contributed by atoms with Crippen molar-refractivity contribution in [1.82, 2.24) is 4.90 Å². The molecule has 0 bridgehead atoms. The molecule has 0 saturated carbocycles. The molecule has 0 N–H and O–H groups in total. The van der Waals surface area contributed by atoms with Crippen LogP contribution in [0.25, 0.3) is 10.4 Å². The van der Waals surface area contributed by atoms with Gasteiger partial charge in [0.1, 0.15) is 5.76 Å². The first-order chi connectivity index (χ1) is 8.70. The van der Waals surface area contributed by atoms with E-state index in [1.165, 1.54) is 6.42 Å². The zero-order valence-corrected chi connectivity index (χ0v) is 10.4. The lowest BCUT2D eigenvalue weighted by molar-refractivity contribution is 0.0649. The van der Waals surface area contributed by atoms with Crippen molar-refractivity contribution in [2.75, 3.05) is 13.1 Å². The summed E-state index contributed by atoms with van der Waals surface area (Å²) in [6.45, 7) is 3.86. The minimum Gasteiger partial charge on any atom is -0.456 e. The van der Waals surface area contributed by atoms with E-state index in [9.17, 15) is 4.79 Å². The Morgan fingerprint density at radius 3 is 3.22 bits per heavy atom. The van der Waals surface area contributed by atoms with Crippen LogP contribution in [0.3, 0.4) is 0 Å². The van der Waals surface area contributed by atoms with Gasteiger partial charge in [0, 0.05) is 18.0 Å². The lowest BCUT2D eigenvalue weighted by atomic mass is 10.0. The Bertz CT molecular complexity index is 476. The minimum absolute atomic E-state index is 0.0752. The highest BCUT2D eigenvalue weighted by atomic mass is 16.4. The fourth-order valence-electron chi connectivity index (χ4n) is 2.21. The van der Waals surface area contributed by atoms with Gasteiger partial charge >= 0.3 is 0 Å². The number of likely N-dealkylation sites (tertiary alicyclic amines) is 1. The summed E-state index contributed by atoms with van der Waals surface area (Å²) in [5.41, 5.74) is 8.22. The lowest BCUT2D eigenvalue weighted by Crippen LogP contribution is -2.38. The summed E-state index contributed by atoms with van der Waals surface area (Å²) >= 11 is 0. The number of hydrogen-bond acceptors (Lipinski definition) is 3. The van der Waals surface area contributed by atoms with Crippen LogP contribution in [-0.4, -0.2) is 23.9 Å². The molecule has 96 valence electrons. The van der Waals surface area contributed by atoms with Gasteiger partial charge in [0.2, 0.25) is 0 Å². The van der Waals surface area contributed by atoms with E-state index in [0.717, 1.165) is 19.5 Å². The predicted molar refractivity (Wildman–Crippen MR) is 65.9 cm³/mol. The molecule has 2 rings (SSSR count). The Morgan fingerprint density at radius 1 is 1.67 bits per heavy atom. The van der Waals surface area contributed by atoms with Gasteiger partial charge in [-0.25, -0.2) is 0 Å². The third kappa shape index (κ3) is 2.84. The van der Waals surface area contributed by atoms with Gasteiger partial charge in [-0.05, 0) is 36.4 Å². The Kier molecular flexibility index (Phi) is 3.89. The number of carbonyl (C=O) groups excluding carboxylic acids is 1. The molecule has 1 aliphatic heterocycles. The molecular formula is C12H16N4O2. The van der Waals surface area contributed by atoms with Crippen LogP contribution >= 0.6 is 0 Å². The van der Waals surface area contributed by atoms with Gasteiger partial charge in [-0.3, -0.25) is 4.79 Å². The summed E-state index contributed by atoms with van der Waals surface area (Å²) in [6, 6.07) is 3.32. The van der Waals surface area contributed by atoms with E-state index in [1.54, 1.807) is 12.1 Å². The number of azide groups is 1. The van der Waals surface area contributed by atoms with Crippen molar-refractivity contribution < 1.29 is 9.21 Å². The largest absolute Gasteiger partial charge is 0.456 e. The second-order valence-electron chi connectivity index (χ2n) is 4.65. The maximum Gasteiger partial charge on any atom is 0.289 e. The molecule has 1 aromatic rings. The summed E-state index contributed by atoms with van der Waals surface area (Å²) in [4.78, 5) is 16.6. The minimum atomic E-state index is -0.0752. The molecule has 1 atom stereocenters. The van der Waals surface area contributed by atoms with Crippen molar-refractivity contribution in [3.63, 3.8) is 0 Å². The number of furan rings is 1. The van der Waals surface area contributed by atoms with E-state index >= 15 is 0 Å². The van der Waals surface area contributed by atoms with Gasteiger partial charge in [0.05, 0.1) is 6.54 Å². The van der Waals surface area contributed by atoms with Crippen LogP contribution in [0.1, 0.15) is 36.1 Å². The molecule has 1 unspecified atom stereocenters. The van der Waals surface area contributed by atoms with Crippen molar-refractivity contribution in [3.8, 4) is 0 Å². The van der Waals surface area contributed by atoms with Crippen LogP contribution in [0.2, 0.25) is 0 Å². The molecule has 1 amide bonds. The Labute approximate surface area is 105 Å². The monoisotopic (exact) mass is 248 g/mol. The number of nitrogens with zero attached hydrogens (tertiary/aromatic N) is 4. The van der Waals surface area contributed by atoms with Crippen LogP contribution in [-0.2, 0) is 6.54 Å². The zero-order chi connectivity index (χ0) is 13.0. The first-order valence-electron chi connectivity index (χ1n) is 6.09. The van der Waals surface area contributed by atoms with Gasteiger partial charge in [-0.1, -0.05) is 12.0 Å². The molecule has 0 radical (unpaired) electrons. The number of carbonyl (C=O) groups is 1. The molecule has 0 aromatic carbocycles. The molecule has 18 heavy (non-hydrogen) atoms. The molecule has 6 nitrogen and oxygen atoms in total. The number of hydrogen-bond donors (Lipinski definition) is 0. The number of rotatable bonds is 3. The third-order valence-electron chi connectivity index (χ3n) is 3.11. The Hall–Kier alpha value is -1.94. The summed E-state index contributed by atoms with van der Waals surface area (Å²) in [5.74, 6) is 1.31. The van der Waals surface area contributed by atoms with Gasteiger partial charge in [-0.15, -0.1) is 0 Å². The van der Waals surface area contributed by atoms with Crippen molar-refractivity contribution in [2.24, 2.45) is 11.0 Å². The zero-order valence-electron chi connectivity index (χ0n) is 10.4. The highest BCUT2D eigenvalue weighted by Crippen LogP contribution is 2.19. The normalized spacial score (nSPS) is 19.4. The van der Waals surface area contributed by atoms with Crippen molar-refractivity contribution >= 4 is 5.91 Å². The molecule has 1 aromatic heterocycles. The van der Waals surface area contributed by atoms with E-state index in [4.69, 9.17) is 9.95 Å². The van der Waals surface area contributed by atoms with E-state index in [-0.39, 0.29) is 12.5 Å². The van der Waals surface area contributed by atoms with Gasteiger partial charge in [0.25, 0.3) is 5.91 Å². The molecule has 1 saturated heterocycles. The number of piperidine rings is 1. The summed E-state index contributed by atoms with van der Waals surface area (Å²) in [7, 11) is 0. The van der Waals surface area contributed by atoms with Crippen molar-refractivity contribution in [3.05, 3.63) is 34.1 Å². The molecule has 0 aliphatic carbocycles. The summed E-state index contributed by atoms with van der Waals surface area (Å²) < 4.78 is 5.38. The lowest BCUT2D eigenvalue weighted by Gasteiger charge is -2.30. The fourth-order valence-corrected chi connectivity index (χ4v) is 2.21. The summed E-state index contributed by atoms with van der Waals surface area (Å²) in [5, 5.41) is 3.40. The first kappa shape index (κ1) is 12.5. The Balaban J connectivity index is 2.03. The SMILES string of the molecule is CC1CCCN(C(=O)c2ccc(CN=[N+]=[N-])o2)C1. The molecule has 1 aliphatic rings. The van der Waals surface area contributed by atoms with Crippen LogP contribution < -0.4 is 0 Å². The summed E-state index contributed by atoms with van der Waals surface area (Å²) in [6.07, 6.45) is 2.21. The molecular weight excluding hydrogens is 232 g/mol. The van der Waals surface area contributed by atoms with Crippen LogP contribution in [0.4, 0.5) is 0 Å². The predicted octanol–water partition coefficient (Wildman–Crippen LogP) is 2.96. The molecule has 1 fully saturated rings.